The molecule has 79 heavy (non-hydrogen) atoms. The highest BCUT2D eigenvalue weighted by atomic mass is 32.1. The molecular formula is C76H51NOS. The highest BCUT2D eigenvalue weighted by molar-refractivity contribution is 7.25. The fourth-order valence-electron chi connectivity index (χ4n) is 13.1. The molecule has 0 spiro atoms. The van der Waals surface area contributed by atoms with Crippen molar-refractivity contribution in [1.29, 1.82) is 0 Å². The van der Waals surface area contributed by atoms with Crippen LogP contribution >= 0.6 is 11.3 Å². The van der Waals surface area contributed by atoms with E-state index in [0.29, 0.717) is 0 Å². The first-order chi connectivity index (χ1) is 39.0. The molecule has 0 N–H and O–H groups in total. The number of thiophene rings is 1. The molecule has 2 nitrogen and oxygen atoms in total. The van der Waals surface area contributed by atoms with Crippen LogP contribution in [-0.2, 0) is 6.42 Å². The van der Waals surface area contributed by atoms with Gasteiger partial charge < -0.3 is 8.98 Å². The number of aromatic nitrogens is 1. The van der Waals surface area contributed by atoms with Crippen molar-refractivity contribution < 1.29 is 4.42 Å². The normalized spacial score (nSPS) is 14.3. The first-order valence-electron chi connectivity index (χ1n) is 27.5. The maximum atomic E-state index is 6.20. The van der Waals surface area contributed by atoms with Crippen LogP contribution in [0.25, 0.3) is 136 Å². The Bertz CT molecular complexity index is 4870. The average Bonchev–Trinajstić information content (AvgIpc) is 4.19. The monoisotopic (exact) mass is 1030 g/mol. The summed E-state index contributed by atoms with van der Waals surface area (Å²) in [5.41, 5.74) is 24.3. The molecule has 3 aromatic heterocycles. The molecule has 0 saturated heterocycles. The minimum Gasteiger partial charge on any atom is -0.456 e. The van der Waals surface area contributed by atoms with Crippen molar-refractivity contribution in [1.82, 2.24) is 4.57 Å². The van der Waals surface area contributed by atoms with E-state index in [1.54, 1.807) is 0 Å². The second kappa shape index (κ2) is 18.3. The largest absolute Gasteiger partial charge is 0.456 e. The van der Waals surface area contributed by atoms with Crippen LogP contribution in [0.3, 0.4) is 0 Å². The number of benzene rings is 12. The molecule has 2 atom stereocenters. The number of hydrogen-bond donors (Lipinski definition) is 0. The third kappa shape index (κ3) is 7.68. The van der Waals surface area contributed by atoms with E-state index in [2.05, 4.69) is 266 Å². The van der Waals surface area contributed by atoms with E-state index in [4.69, 9.17) is 4.42 Å². The summed E-state index contributed by atoms with van der Waals surface area (Å²) < 4.78 is 11.3. The van der Waals surface area contributed by atoms with Crippen molar-refractivity contribution >= 4 is 75.3 Å². The van der Waals surface area contributed by atoms with Crippen molar-refractivity contribution in [2.75, 3.05) is 0 Å². The van der Waals surface area contributed by atoms with E-state index in [9.17, 15) is 0 Å². The number of nitrogens with zero attached hydrogens (tertiary/aromatic N) is 1. The third-order valence-electron chi connectivity index (χ3n) is 17.2. The first kappa shape index (κ1) is 45.6. The molecule has 15 aromatic rings. The van der Waals surface area contributed by atoms with E-state index >= 15 is 0 Å². The zero-order valence-electron chi connectivity index (χ0n) is 43.5. The standard InChI is InChI=1S/C76H51NOS/c1-47-61-34-26-54(48-12-4-2-5-13-48)41-67(61)62-35-27-53(40-59(62)45-66(47)52-22-20-50(21-23-52)56-30-38-74-69(43-56)64-16-8-10-18-73(64)78-74)58-28-36-63-68-42-55(49-14-6-3-7-15-49)29-37-71(68)77(72(63)46-58)60-32-24-51(25-33-60)57-31-39-76-70(44-57)65-17-9-11-19-75(65)79-76/h2-44,46-47,66H,45H2,1H3. The maximum Gasteiger partial charge on any atom is 0.135 e. The predicted molar refractivity (Wildman–Crippen MR) is 335 cm³/mol. The molecule has 3 heterocycles. The minimum absolute atomic E-state index is 0.255. The molecule has 372 valence electrons. The number of furan rings is 1. The van der Waals surface area contributed by atoms with Crippen LogP contribution in [0, 0.1) is 0 Å². The Morgan fingerprint density at radius 1 is 0.354 bits per heavy atom. The van der Waals surface area contributed by atoms with Gasteiger partial charge in [0, 0.05) is 47.4 Å². The fourth-order valence-corrected chi connectivity index (χ4v) is 14.2. The van der Waals surface area contributed by atoms with E-state index < -0.39 is 0 Å². The van der Waals surface area contributed by atoms with Gasteiger partial charge in [-0.2, -0.15) is 0 Å². The molecule has 0 amide bonds. The topological polar surface area (TPSA) is 18.1 Å². The lowest BCUT2D eigenvalue weighted by molar-refractivity contribution is 0.579. The van der Waals surface area contributed by atoms with Gasteiger partial charge in [0.05, 0.1) is 11.0 Å². The summed E-state index contributed by atoms with van der Waals surface area (Å²) in [6.07, 6.45) is 0.915. The summed E-state index contributed by atoms with van der Waals surface area (Å²) in [7, 11) is 0. The van der Waals surface area contributed by atoms with Gasteiger partial charge in [-0.3, -0.25) is 0 Å². The second-order valence-electron chi connectivity index (χ2n) is 21.6. The van der Waals surface area contributed by atoms with Gasteiger partial charge in [-0.25, -0.2) is 0 Å². The SMILES string of the molecule is CC1c2ccc(-c3ccccc3)cc2-c2ccc(-c3ccc4c5cc(-c6ccccc6)ccc5n(-c5ccc(-c6ccc7sc8ccccc8c7c6)cc5)c4c3)cc2CC1c1ccc(-c2ccc3oc4ccccc4c3c2)cc1. The van der Waals surface area contributed by atoms with Crippen molar-refractivity contribution in [3.8, 4) is 72.4 Å². The molecule has 0 aliphatic heterocycles. The zero-order valence-corrected chi connectivity index (χ0v) is 44.3. The van der Waals surface area contributed by atoms with Gasteiger partial charge >= 0.3 is 0 Å². The Morgan fingerprint density at radius 2 is 0.899 bits per heavy atom. The van der Waals surface area contributed by atoms with Crippen LogP contribution in [0.2, 0.25) is 0 Å². The molecule has 1 aliphatic rings. The molecule has 0 saturated carbocycles. The quantitative estimate of drug-likeness (QED) is 0.156. The van der Waals surface area contributed by atoms with Crippen LogP contribution in [0.4, 0.5) is 0 Å². The molecule has 2 unspecified atom stereocenters. The van der Waals surface area contributed by atoms with Crippen LogP contribution in [0.1, 0.15) is 35.4 Å². The lowest BCUT2D eigenvalue weighted by Crippen LogP contribution is -2.10. The molecule has 1 aliphatic carbocycles. The van der Waals surface area contributed by atoms with Gasteiger partial charge in [-0.05, 0) is 175 Å². The Hall–Kier alpha value is -9.54. The Balaban J connectivity index is 0.811. The fraction of sp³-hybridized carbons (Fsp3) is 0.0526. The Labute approximate surface area is 462 Å². The van der Waals surface area contributed by atoms with Crippen molar-refractivity contribution in [2.45, 2.75) is 25.2 Å². The van der Waals surface area contributed by atoms with Gasteiger partial charge in [0.2, 0.25) is 0 Å². The number of rotatable bonds is 7. The molecule has 0 bridgehead atoms. The Kier molecular flexibility index (Phi) is 10.6. The summed E-state index contributed by atoms with van der Waals surface area (Å²) in [4.78, 5) is 0. The van der Waals surface area contributed by atoms with Gasteiger partial charge in [-0.15, -0.1) is 11.3 Å². The van der Waals surface area contributed by atoms with Gasteiger partial charge in [0.15, 0.2) is 0 Å². The average molecular weight is 1030 g/mol. The van der Waals surface area contributed by atoms with Gasteiger partial charge in [-0.1, -0.05) is 201 Å². The van der Waals surface area contributed by atoms with Gasteiger partial charge in [0.1, 0.15) is 11.2 Å². The maximum absolute atomic E-state index is 6.20. The molecule has 0 fully saturated rings. The summed E-state index contributed by atoms with van der Waals surface area (Å²) in [6.45, 7) is 2.44. The van der Waals surface area contributed by atoms with Crippen LogP contribution in [0.15, 0.2) is 271 Å². The van der Waals surface area contributed by atoms with Gasteiger partial charge in [0.25, 0.3) is 0 Å². The van der Waals surface area contributed by atoms with Crippen LogP contribution in [0.5, 0.6) is 0 Å². The molecule has 16 rings (SSSR count). The smallest absolute Gasteiger partial charge is 0.135 e. The van der Waals surface area contributed by atoms with Crippen LogP contribution in [-0.4, -0.2) is 4.57 Å². The van der Waals surface area contributed by atoms with E-state index in [0.717, 1.165) is 34.0 Å². The second-order valence-corrected chi connectivity index (χ2v) is 22.7. The summed E-state index contributed by atoms with van der Waals surface area (Å²) >= 11 is 1.87. The number of para-hydroxylation sites is 1. The Morgan fingerprint density at radius 3 is 1.68 bits per heavy atom. The molecule has 12 aromatic carbocycles. The third-order valence-corrected chi connectivity index (χ3v) is 18.3. The highest BCUT2D eigenvalue weighted by Crippen LogP contribution is 2.48. The van der Waals surface area contributed by atoms with Crippen LogP contribution < -0.4 is 0 Å². The van der Waals surface area contributed by atoms with Crippen molar-refractivity contribution in [3.63, 3.8) is 0 Å². The predicted octanol–water partition coefficient (Wildman–Crippen LogP) is 21.5. The minimum atomic E-state index is 0.255. The highest BCUT2D eigenvalue weighted by Gasteiger charge is 2.30. The van der Waals surface area contributed by atoms with E-state index in [-0.39, 0.29) is 11.8 Å². The molecule has 3 heteroatoms. The first-order valence-corrected chi connectivity index (χ1v) is 28.4. The van der Waals surface area contributed by atoms with E-state index in [1.807, 2.05) is 23.5 Å². The van der Waals surface area contributed by atoms with Crippen molar-refractivity contribution in [2.24, 2.45) is 0 Å². The van der Waals surface area contributed by atoms with Crippen molar-refractivity contribution in [3.05, 3.63) is 284 Å². The number of fused-ring (bicyclic) bond motifs is 12. The van der Waals surface area contributed by atoms with E-state index in [1.165, 1.54) is 125 Å². The number of hydrogen-bond acceptors (Lipinski definition) is 2. The molecular weight excluding hydrogens is 975 g/mol. The zero-order chi connectivity index (χ0) is 52.1. The lowest BCUT2D eigenvalue weighted by atomic mass is 9.79. The lowest BCUT2D eigenvalue weighted by Gasteiger charge is -2.24. The molecule has 0 radical (unpaired) electrons. The summed E-state index contributed by atoms with van der Waals surface area (Å²) in [6, 6.07) is 99.4. The summed E-state index contributed by atoms with van der Waals surface area (Å²) in [5, 5.41) is 7.42. The summed E-state index contributed by atoms with van der Waals surface area (Å²) in [5.74, 6) is 0.526.